The number of hydrogen-bond acceptors (Lipinski definition) is 2. The average Bonchev–Trinajstić information content (AvgIpc) is 1.95. The molecule has 0 radical (unpaired) electrons. The van der Waals surface area contributed by atoms with Gasteiger partial charge in [-0.1, -0.05) is 0 Å². The third-order valence-electron chi connectivity index (χ3n) is 1.32. The molecule has 0 saturated heterocycles. The molecular weight excluding hydrogens is 142 g/mol. The van der Waals surface area contributed by atoms with Gasteiger partial charge in [-0.15, -0.1) is 0 Å². The van der Waals surface area contributed by atoms with E-state index in [-0.39, 0.29) is 5.75 Å². The molecule has 0 aliphatic rings. The lowest BCUT2D eigenvalue weighted by molar-refractivity contribution is -0.254. The zero-order valence-corrected chi connectivity index (χ0v) is 6.50. The van der Waals surface area contributed by atoms with Gasteiger partial charge in [0.2, 0.25) is 0 Å². The molecule has 0 bridgehead atoms. The molecule has 0 unspecified atom stereocenters. The van der Waals surface area contributed by atoms with Crippen molar-refractivity contribution in [3.8, 4) is 11.5 Å². The quantitative estimate of drug-likeness (QED) is 0.657. The number of phenols is 1. The van der Waals surface area contributed by atoms with E-state index < -0.39 is 0 Å². The van der Waals surface area contributed by atoms with Crippen LogP contribution in [0.15, 0.2) is 18.2 Å². The summed E-state index contributed by atoms with van der Waals surface area (Å²) in [7, 11) is 0. The van der Waals surface area contributed by atoms with Crippen molar-refractivity contribution in [2.24, 2.45) is 0 Å². The lowest BCUT2D eigenvalue weighted by Crippen LogP contribution is -2.39. The van der Waals surface area contributed by atoms with Crippen LogP contribution in [0.3, 0.4) is 0 Å². The van der Waals surface area contributed by atoms with E-state index >= 15 is 0 Å². The van der Waals surface area contributed by atoms with E-state index in [9.17, 15) is 5.11 Å². The van der Waals surface area contributed by atoms with Crippen LogP contribution in [0.25, 0.3) is 0 Å². The largest absolute Gasteiger partial charge is 0.504 e. The molecule has 0 amide bonds. The summed E-state index contributed by atoms with van der Waals surface area (Å²) >= 11 is 0. The first kappa shape index (κ1) is 7.88. The lowest BCUT2D eigenvalue weighted by Gasteiger charge is -2.03. The van der Waals surface area contributed by atoms with Gasteiger partial charge in [0.25, 0.3) is 0 Å². The minimum atomic E-state index is 0.152. The molecule has 4 N–H and O–H groups in total. The van der Waals surface area contributed by atoms with Crippen LogP contribution in [0.2, 0.25) is 0 Å². The molecule has 1 aromatic rings. The highest BCUT2D eigenvalue weighted by molar-refractivity contribution is 5.46. The second-order valence-corrected chi connectivity index (χ2v) is 2.24. The normalized spacial score (nSPS) is 9.64. The number of phenolic OH excluding ortho intramolecular Hbond substituents is 1. The van der Waals surface area contributed by atoms with E-state index in [1.54, 1.807) is 18.2 Å². The summed E-state index contributed by atoms with van der Waals surface area (Å²) in [5.74, 6) is 0.666. The van der Waals surface area contributed by atoms with Gasteiger partial charge in [0.1, 0.15) is 5.69 Å². The third kappa shape index (κ3) is 1.85. The summed E-state index contributed by atoms with van der Waals surface area (Å²) in [4.78, 5) is 0. The maximum atomic E-state index is 9.26. The maximum absolute atomic E-state index is 9.26. The molecular formula is C8H12NO2+. The van der Waals surface area contributed by atoms with Crippen molar-refractivity contribution in [3.63, 3.8) is 0 Å². The van der Waals surface area contributed by atoms with Gasteiger partial charge in [-0.05, 0) is 13.0 Å². The summed E-state index contributed by atoms with van der Waals surface area (Å²) < 4.78 is 5.11. The Morgan fingerprint density at radius 2 is 2.27 bits per heavy atom. The van der Waals surface area contributed by atoms with Crippen molar-refractivity contribution in [2.75, 3.05) is 6.61 Å². The standard InChI is InChI=1S/C8H11NO2/c1-2-11-8-4-3-6(9)5-7(8)10/h3-5,10H,2,9H2,1H3/p+1. The van der Waals surface area contributed by atoms with Crippen LogP contribution in [0.1, 0.15) is 6.92 Å². The van der Waals surface area contributed by atoms with Crippen molar-refractivity contribution in [1.29, 1.82) is 0 Å². The first-order valence-electron chi connectivity index (χ1n) is 3.52. The number of quaternary nitrogens is 1. The van der Waals surface area contributed by atoms with Gasteiger partial charge in [0.15, 0.2) is 11.5 Å². The summed E-state index contributed by atoms with van der Waals surface area (Å²) in [5.41, 5.74) is 4.45. The van der Waals surface area contributed by atoms with E-state index in [0.29, 0.717) is 12.4 Å². The van der Waals surface area contributed by atoms with Crippen molar-refractivity contribution < 1.29 is 15.6 Å². The second-order valence-electron chi connectivity index (χ2n) is 2.24. The molecule has 0 heterocycles. The van der Waals surface area contributed by atoms with Gasteiger partial charge in [-0.3, -0.25) is 0 Å². The Balaban J connectivity index is 2.90. The van der Waals surface area contributed by atoms with Crippen molar-refractivity contribution in [1.82, 2.24) is 0 Å². The molecule has 0 saturated carbocycles. The van der Waals surface area contributed by atoms with Crippen molar-refractivity contribution >= 4 is 5.69 Å². The topological polar surface area (TPSA) is 57.1 Å². The number of hydrogen-bond donors (Lipinski definition) is 2. The Morgan fingerprint density at radius 1 is 1.55 bits per heavy atom. The lowest BCUT2D eigenvalue weighted by atomic mass is 10.3. The molecule has 1 rings (SSSR count). The van der Waals surface area contributed by atoms with Crippen molar-refractivity contribution in [2.45, 2.75) is 6.92 Å². The molecule has 0 aliphatic carbocycles. The van der Waals surface area contributed by atoms with Crippen LogP contribution in [0, 0.1) is 0 Å². The summed E-state index contributed by atoms with van der Waals surface area (Å²) in [5, 5.41) is 9.26. The number of rotatable bonds is 2. The fraction of sp³-hybridized carbons (Fsp3) is 0.250. The molecule has 1 aromatic carbocycles. The van der Waals surface area contributed by atoms with E-state index in [0.717, 1.165) is 5.69 Å². The Labute approximate surface area is 65.4 Å². The molecule has 3 nitrogen and oxygen atoms in total. The fourth-order valence-corrected chi connectivity index (χ4v) is 0.841. The molecule has 0 atom stereocenters. The van der Waals surface area contributed by atoms with Gasteiger partial charge < -0.3 is 15.6 Å². The first-order chi connectivity index (χ1) is 5.24. The molecule has 11 heavy (non-hydrogen) atoms. The van der Waals surface area contributed by atoms with E-state index in [1.807, 2.05) is 6.92 Å². The summed E-state index contributed by atoms with van der Waals surface area (Å²) in [6, 6.07) is 5.08. The van der Waals surface area contributed by atoms with Crippen LogP contribution < -0.4 is 10.5 Å². The molecule has 0 aromatic heterocycles. The molecule has 0 spiro atoms. The molecule has 60 valence electrons. The van der Waals surface area contributed by atoms with Gasteiger partial charge >= 0.3 is 0 Å². The van der Waals surface area contributed by atoms with E-state index in [2.05, 4.69) is 5.73 Å². The zero-order valence-electron chi connectivity index (χ0n) is 6.50. The summed E-state index contributed by atoms with van der Waals surface area (Å²) in [6.45, 7) is 2.43. The average molecular weight is 154 g/mol. The highest BCUT2D eigenvalue weighted by Crippen LogP contribution is 2.26. The van der Waals surface area contributed by atoms with Crippen LogP contribution in [0.4, 0.5) is 5.69 Å². The van der Waals surface area contributed by atoms with Crippen LogP contribution >= 0.6 is 0 Å². The Bertz CT molecular complexity index is 248. The molecule has 0 fully saturated rings. The van der Waals surface area contributed by atoms with Crippen LogP contribution in [0.5, 0.6) is 11.5 Å². The smallest absolute Gasteiger partial charge is 0.163 e. The third-order valence-corrected chi connectivity index (χ3v) is 1.32. The predicted molar refractivity (Wildman–Crippen MR) is 41.8 cm³/mol. The Kier molecular flexibility index (Phi) is 2.33. The van der Waals surface area contributed by atoms with Crippen LogP contribution in [-0.4, -0.2) is 11.7 Å². The monoisotopic (exact) mass is 154 g/mol. The Hall–Kier alpha value is -1.22. The highest BCUT2D eigenvalue weighted by atomic mass is 16.5. The minimum absolute atomic E-state index is 0.152. The molecule has 3 heteroatoms. The van der Waals surface area contributed by atoms with Crippen molar-refractivity contribution in [3.05, 3.63) is 18.2 Å². The second kappa shape index (κ2) is 3.25. The SMILES string of the molecule is CCOc1ccc([NH3+])cc1O. The maximum Gasteiger partial charge on any atom is 0.163 e. The number of benzene rings is 1. The fourth-order valence-electron chi connectivity index (χ4n) is 0.841. The van der Waals surface area contributed by atoms with Gasteiger partial charge in [0, 0.05) is 12.1 Å². The first-order valence-corrected chi connectivity index (χ1v) is 3.52. The number of ether oxygens (including phenoxy) is 1. The number of aromatic hydroxyl groups is 1. The predicted octanol–water partition coefficient (Wildman–Crippen LogP) is 0.664. The van der Waals surface area contributed by atoms with E-state index in [4.69, 9.17) is 4.74 Å². The zero-order chi connectivity index (χ0) is 8.27. The van der Waals surface area contributed by atoms with Crippen LogP contribution in [-0.2, 0) is 0 Å². The minimum Gasteiger partial charge on any atom is -0.504 e. The van der Waals surface area contributed by atoms with Gasteiger partial charge in [0.05, 0.1) is 6.61 Å². The van der Waals surface area contributed by atoms with Gasteiger partial charge in [-0.25, -0.2) is 0 Å². The highest BCUT2D eigenvalue weighted by Gasteiger charge is 2.01. The Morgan fingerprint density at radius 3 is 2.82 bits per heavy atom. The molecule has 0 aliphatic heterocycles. The van der Waals surface area contributed by atoms with E-state index in [1.165, 1.54) is 0 Å². The van der Waals surface area contributed by atoms with Gasteiger partial charge in [-0.2, -0.15) is 0 Å². The summed E-state index contributed by atoms with van der Waals surface area (Å²) in [6.07, 6.45) is 0.